The summed E-state index contributed by atoms with van der Waals surface area (Å²) in [6, 6.07) is 0.0959. The molecule has 0 radical (unpaired) electrons. The van der Waals surface area contributed by atoms with Crippen LogP contribution in [0.25, 0.3) is 17.0 Å². The van der Waals surface area contributed by atoms with Gasteiger partial charge >= 0.3 is 0 Å². The van der Waals surface area contributed by atoms with Gasteiger partial charge in [0.15, 0.2) is 23.2 Å². The molecular weight excluding hydrogens is 386 g/mol. The first-order valence-electron chi connectivity index (χ1n) is 9.92. The Bertz CT molecular complexity index is 1110. The van der Waals surface area contributed by atoms with Crippen LogP contribution in [0.3, 0.4) is 0 Å². The van der Waals surface area contributed by atoms with Crippen molar-refractivity contribution in [2.24, 2.45) is 11.7 Å². The molecule has 2 atom stereocenters. The van der Waals surface area contributed by atoms with Crippen LogP contribution in [-0.2, 0) is 14.3 Å². The Labute approximate surface area is 172 Å². The van der Waals surface area contributed by atoms with Crippen LogP contribution in [0.15, 0.2) is 48.3 Å². The molecule has 0 aromatic carbocycles. The lowest BCUT2D eigenvalue weighted by atomic mass is 10.0. The van der Waals surface area contributed by atoms with Crippen LogP contribution in [0.1, 0.15) is 32.1 Å². The fourth-order valence-corrected chi connectivity index (χ4v) is 3.86. The van der Waals surface area contributed by atoms with Crippen molar-refractivity contribution in [3.05, 3.63) is 48.3 Å². The number of nitrogens with one attached hydrogen (secondary N) is 1. The quantitative estimate of drug-likeness (QED) is 0.771. The zero-order valence-electron chi connectivity index (χ0n) is 16.2. The van der Waals surface area contributed by atoms with Gasteiger partial charge in [-0.15, -0.1) is 5.10 Å². The highest BCUT2D eigenvalue weighted by molar-refractivity contribution is 5.77. The molecule has 2 aromatic heterocycles. The van der Waals surface area contributed by atoms with Crippen molar-refractivity contribution < 1.29 is 14.3 Å². The molecule has 2 aliphatic carbocycles. The van der Waals surface area contributed by atoms with Gasteiger partial charge < -0.3 is 20.5 Å². The molecular formula is C20H21N7O3. The van der Waals surface area contributed by atoms with E-state index >= 15 is 0 Å². The van der Waals surface area contributed by atoms with Gasteiger partial charge in [0.1, 0.15) is 6.26 Å². The molecule has 1 fully saturated rings. The number of ether oxygens (including phenoxy) is 2. The summed E-state index contributed by atoms with van der Waals surface area (Å²) in [5.41, 5.74) is 7.49. The van der Waals surface area contributed by atoms with Crippen LogP contribution in [0.4, 0.5) is 5.95 Å². The highest BCUT2D eigenvalue weighted by Gasteiger charge is 2.29. The fraction of sp³-hybridized carbons (Fsp3) is 0.350. The predicted molar refractivity (Wildman–Crippen MR) is 108 cm³/mol. The van der Waals surface area contributed by atoms with Gasteiger partial charge in [-0.05, 0) is 37.7 Å². The van der Waals surface area contributed by atoms with Crippen LogP contribution in [0, 0.1) is 5.92 Å². The van der Waals surface area contributed by atoms with Crippen molar-refractivity contribution in [1.82, 2.24) is 25.0 Å². The predicted octanol–water partition coefficient (Wildman–Crippen LogP) is 2.21. The number of nitrogens with zero attached hydrogens (tertiary/aromatic N) is 5. The molecule has 30 heavy (non-hydrogen) atoms. The Hall–Kier alpha value is -3.69. The summed E-state index contributed by atoms with van der Waals surface area (Å²) < 4.78 is 13.0. The highest BCUT2D eigenvalue weighted by atomic mass is 16.6. The lowest BCUT2D eigenvalue weighted by Gasteiger charge is -2.19. The topological polar surface area (TPSA) is 130 Å². The van der Waals surface area contributed by atoms with Gasteiger partial charge in [0, 0.05) is 12.0 Å². The van der Waals surface area contributed by atoms with E-state index in [9.17, 15) is 4.79 Å². The van der Waals surface area contributed by atoms with E-state index in [0.29, 0.717) is 35.2 Å². The second-order valence-electron chi connectivity index (χ2n) is 7.49. The average molecular weight is 407 g/mol. The number of allylic oxidation sites excluding steroid dienone is 4. The minimum absolute atomic E-state index is 0.0959. The first-order chi connectivity index (χ1) is 14.7. The lowest BCUT2D eigenvalue weighted by molar-refractivity contribution is -0.121. The van der Waals surface area contributed by atoms with E-state index in [1.165, 1.54) is 10.9 Å². The van der Waals surface area contributed by atoms with E-state index in [1.54, 1.807) is 12.5 Å². The molecule has 1 aliphatic heterocycles. The third-order valence-electron chi connectivity index (χ3n) is 5.46. The molecule has 0 spiro atoms. The molecule has 3 N–H and O–H groups in total. The summed E-state index contributed by atoms with van der Waals surface area (Å²) in [4.78, 5) is 20.3. The second kappa shape index (κ2) is 7.62. The van der Waals surface area contributed by atoms with Crippen molar-refractivity contribution >= 4 is 28.9 Å². The van der Waals surface area contributed by atoms with Gasteiger partial charge in [0.05, 0.1) is 6.20 Å². The molecule has 0 saturated heterocycles. The minimum atomic E-state index is -0.258. The molecule has 5 rings (SSSR count). The van der Waals surface area contributed by atoms with E-state index < -0.39 is 0 Å². The normalized spacial score (nSPS) is 23.3. The zero-order chi connectivity index (χ0) is 20.5. The molecule has 0 unspecified atom stereocenters. The fourth-order valence-electron chi connectivity index (χ4n) is 3.86. The van der Waals surface area contributed by atoms with Crippen molar-refractivity contribution in [3.8, 4) is 0 Å². The van der Waals surface area contributed by atoms with Crippen molar-refractivity contribution in [1.29, 1.82) is 0 Å². The number of amides is 1. The smallest absolute Gasteiger partial charge is 0.260 e. The Kier molecular flexibility index (Phi) is 4.66. The molecule has 10 nitrogen and oxygen atoms in total. The number of aromatic nitrogens is 5. The molecule has 10 heteroatoms. The highest BCUT2D eigenvalue weighted by Crippen LogP contribution is 2.29. The molecule has 1 saturated carbocycles. The van der Waals surface area contributed by atoms with Crippen LogP contribution in [0.5, 0.6) is 0 Å². The molecule has 0 bridgehead atoms. The van der Waals surface area contributed by atoms with Gasteiger partial charge in [0.2, 0.25) is 11.9 Å². The molecule has 3 heterocycles. The van der Waals surface area contributed by atoms with E-state index in [1.807, 2.05) is 12.2 Å². The largest absolute Gasteiger partial charge is 0.463 e. The maximum absolute atomic E-state index is 11.4. The third-order valence-corrected chi connectivity index (χ3v) is 5.46. The maximum Gasteiger partial charge on any atom is 0.260 e. The molecule has 2 aromatic rings. The second-order valence-corrected chi connectivity index (χ2v) is 7.49. The summed E-state index contributed by atoms with van der Waals surface area (Å²) in [5.74, 6) is 1.08. The Balaban J connectivity index is 1.36. The number of fused-ring (bicyclic) bond motifs is 1. The summed E-state index contributed by atoms with van der Waals surface area (Å²) in [6.45, 7) is 0. The SMILES string of the molecule is NC(=O)[C@@H]1CC[C@@H](Nc2ncc3nnn(C4=COC=C(C5=CC=CCC5)O4)c3n2)C1. The van der Waals surface area contributed by atoms with E-state index in [0.717, 1.165) is 31.3 Å². The van der Waals surface area contributed by atoms with Gasteiger partial charge in [-0.3, -0.25) is 4.79 Å². The first kappa shape index (κ1) is 18.3. The van der Waals surface area contributed by atoms with Crippen LogP contribution in [0.2, 0.25) is 0 Å². The van der Waals surface area contributed by atoms with Gasteiger partial charge in [0.25, 0.3) is 5.88 Å². The van der Waals surface area contributed by atoms with Crippen molar-refractivity contribution in [3.63, 3.8) is 0 Å². The minimum Gasteiger partial charge on any atom is -0.463 e. The van der Waals surface area contributed by atoms with Gasteiger partial charge in [-0.1, -0.05) is 23.4 Å². The Morgan fingerprint density at radius 1 is 1.30 bits per heavy atom. The summed E-state index contributed by atoms with van der Waals surface area (Å²) in [7, 11) is 0. The molecule has 1 amide bonds. The molecule has 3 aliphatic rings. The van der Waals surface area contributed by atoms with E-state index in [4.69, 9.17) is 15.2 Å². The monoisotopic (exact) mass is 407 g/mol. The first-order valence-corrected chi connectivity index (χ1v) is 9.92. The number of anilines is 1. The van der Waals surface area contributed by atoms with Gasteiger partial charge in [-0.25, -0.2) is 4.98 Å². The van der Waals surface area contributed by atoms with Crippen LogP contribution < -0.4 is 11.1 Å². The molecule has 154 valence electrons. The third kappa shape index (κ3) is 3.51. The summed E-state index contributed by atoms with van der Waals surface area (Å²) in [6.07, 6.45) is 14.9. The van der Waals surface area contributed by atoms with Crippen molar-refractivity contribution in [2.45, 2.75) is 38.1 Å². The zero-order valence-corrected chi connectivity index (χ0v) is 16.2. The number of hydrogen-bond acceptors (Lipinski definition) is 8. The Morgan fingerprint density at radius 2 is 2.23 bits per heavy atom. The number of carbonyl (C=O) groups excluding carboxylic acids is 1. The van der Waals surface area contributed by atoms with Crippen LogP contribution in [-0.4, -0.2) is 36.9 Å². The number of nitrogens with two attached hydrogens (primary N) is 1. The standard InChI is InChI=1S/C20H21N7O3/c21-18(28)13-6-7-14(8-13)23-20-22-9-15-19(24-20)27(26-25-15)17-11-29-10-16(30-17)12-4-2-1-3-5-12/h1-2,4,9-11,13-14H,3,5-8H2,(H2,21,28)(H,22,23,24)/t13-,14-/m1/s1. The van der Waals surface area contributed by atoms with Crippen molar-refractivity contribution in [2.75, 3.05) is 5.32 Å². The average Bonchev–Trinajstić information content (AvgIpc) is 3.41. The number of primary amides is 1. The maximum atomic E-state index is 11.4. The summed E-state index contributed by atoms with van der Waals surface area (Å²) >= 11 is 0. The lowest BCUT2D eigenvalue weighted by Crippen LogP contribution is -2.23. The Morgan fingerprint density at radius 3 is 3.03 bits per heavy atom. The van der Waals surface area contributed by atoms with Gasteiger partial charge in [-0.2, -0.15) is 9.67 Å². The van der Waals surface area contributed by atoms with E-state index in [2.05, 4.69) is 31.7 Å². The number of hydrogen-bond donors (Lipinski definition) is 2. The summed E-state index contributed by atoms with van der Waals surface area (Å²) in [5, 5.41) is 11.5. The van der Waals surface area contributed by atoms with Crippen LogP contribution >= 0.6 is 0 Å². The van der Waals surface area contributed by atoms with E-state index in [-0.39, 0.29) is 17.9 Å². The number of rotatable bonds is 5. The number of carbonyl (C=O) groups is 1.